The molecule has 0 saturated carbocycles. The standard InChI is InChI=1S/C12H24O2/c1-11(2)7-3-5-9-13-12-8-4-6-10-14-12/h11-12H,3-10H2,1-2H3. The fourth-order valence-corrected chi connectivity index (χ4v) is 1.71. The predicted molar refractivity (Wildman–Crippen MR) is 58.2 cm³/mol. The Bertz CT molecular complexity index is 128. The van der Waals surface area contributed by atoms with Crippen LogP contribution >= 0.6 is 0 Å². The SMILES string of the molecule is CC(C)CCCCOC1CCCCO1. The third-order valence-electron chi connectivity index (χ3n) is 2.62. The lowest BCUT2D eigenvalue weighted by atomic mass is 10.1. The molecule has 1 saturated heterocycles. The first-order valence-corrected chi connectivity index (χ1v) is 6.02. The highest BCUT2D eigenvalue weighted by Gasteiger charge is 2.13. The molecule has 84 valence electrons. The van der Waals surface area contributed by atoms with Gasteiger partial charge in [-0.05, 0) is 31.6 Å². The lowest BCUT2D eigenvalue weighted by Crippen LogP contribution is -2.22. The third-order valence-corrected chi connectivity index (χ3v) is 2.62. The van der Waals surface area contributed by atoms with E-state index < -0.39 is 0 Å². The summed E-state index contributed by atoms with van der Waals surface area (Å²) < 4.78 is 11.1. The van der Waals surface area contributed by atoms with Gasteiger partial charge in [0.1, 0.15) is 0 Å². The van der Waals surface area contributed by atoms with Crippen LogP contribution in [0.3, 0.4) is 0 Å². The second-order valence-corrected chi connectivity index (χ2v) is 4.56. The Balaban J connectivity index is 1.87. The van der Waals surface area contributed by atoms with E-state index in [-0.39, 0.29) is 6.29 Å². The van der Waals surface area contributed by atoms with Crippen molar-refractivity contribution < 1.29 is 9.47 Å². The first-order valence-electron chi connectivity index (χ1n) is 6.02. The maximum Gasteiger partial charge on any atom is 0.157 e. The van der Waals surface area contributed by atoms with E-state index in [1.807, 2.05) is 0 Å². The normalized spacial score (nSPS) is 22.9. The highest BCUT2D eigenvalue weighted by Crippen LogP contribution is 2.14. The third kappa shape index (κ3) is 5.61. The Kier molecular flexibility index (Phi) is 6.20. The topological polar surface area (TPSA) is 18.5 Å². The lowest BCUT2D eigenvalue weighted by Gasteiger charge is -2.22. The van der Waals surface area contributed by atoms with Crippen LogP contribution in [0.2, 0.25) is 0 Å². The van der Waals surface area contributed by atoms with Crippen molar-refractivity contribution >= 4 is 0 Å². The van der Waals surface area contributed by atoms with Gasteiger partial charge in [-0.1, -0.05) is 26.7 Å². The summed E-state index contributed by atoms with van der Waals surface area (Å²) in [5.41, 5.74) is 0. The minimum Gasteiger partial charge on any atom is -0.353 e. The van der Waals surface area contributed by atoms with Crippen LogP contribution in [0.4, 0.5) is 0 Å². The summed E-state index contributed by atoms with van der Waals surface area (Å²) >= 11 is 0. The monoisotopic (exact) mass is 200 g/mol. The van der Waals surface area contributed by atoms with E-state index in [0.717, 1.165) is 25.6 Å². The summed E-state index contributed by atoms with van der Waals surface area (Å²) in [4.78, 5) is 0. The Morgan fingerprint density at radius 3 is 2.79 bits per heavy atom. The minimum atomic E-state index is 0.0998. The summed E-state index contributed by atoms with van der Waals surface area (Å²) in [6, 6.07) is 0. The van der Waals surface area contributed by atoms with E-state index in [2.05, 4.69) is 13.8 Å². The van der Waals surface area contributed by atoms with Crippen molar-refractivity contribution in [3.63, 3.8) is 0 Å². The second-order valence-electron chi connectivity index (χ2n) is 4.56. The molecule has 0 radical (unpaired) electrons. The molecule has 0 spiro atoms. The molecule has 0 N–H and O–H groups in total. The summed E-state index contributed by atoms with van der Waals surface area (Å²) in [6.45, 7) is 6.30. The van der Waals surface area contributed by atoms with Crippen LogP contribution < -0.4 is 0 Å². The highest BCUT2D eigenvalue weighted by atomic mass is 16.7. The summed E-state index contributed by atoms with van der Waals surface area (Å²) in [5.74, 6) is 0.820. The van der Waals surface area contributed by atoms with Crippen LogP contribution in [0, 0.1) is 5.92 Å². The number of hydrogen-bond acceptors (Lipinski definition) is 2. The van der Waals surface area contributed by atoms with Crippen LogP contribution in [-0.2, 0) is 9.47 Å². The summed E-state index contributed by atoms with van der Waals surface area (Å²) in [7, 11) is 0. The number of unbranched alkanes of at least 4 members (excludes halogenated alkanes) is 1. The smallest absolute Gasteiger partial charge is 0.157 e. The van der Waals surface area contributed by atoms with Crippen LogP contribution in [0.25, 0.3) is 0 Å². The fraction of sp³-hybridized carbons (Fsp3) is 1.00. The summed E-state index contributed by atoms with van der Waals surface area (Å²) in [5, 5.41) is 0. The van der Waals surface area contributed by atoms with E-state index >= 15 is 0 Å². The number of ether oxygens (including phenoxy) is 2. The van der Waals surface area contributed by atoms with Crippen LogP contribution in [-0.4, -0.2) is 19.5 Å². The van der Waals surface area contributed by atoms with Crippen LogP contribution in [0.1, 0.15) is 52.4 Å². The first kappa shape index (κ1) is 12.0. The van der Waals surface area contributed by atoms with Gasteiger partial charge in [0.05, 0.1) is 0 Å². The minimum absolute atomic E-state index is 0.0998. The molecule has 1 aliphatic rings. The van der Waals surface area contributed by atoms with Gasteiger partial charge in [0.15, 0.2) is 6.29 Å². The Morgan fingerprint density at radius 1 is 1.29 bits per heavy atom. The average Bonchev–Trinajstić information content (AvgIpc) is 2.18. The van der Waals surface area contributed by atoms with Crippen molar-refractivity contribution in [3.05, 3.63) is 0 Å². The Hall–Kier alpha value is -0.0800. The molecule has 1 aliphatic heterocycles. The zero-order valence-corrected chi connectivity index (χ0v) is 9.63. The zero-order valence-electron chi connectivity index (χ0n) is 9.63. The molecule has 0 aliphatic carbocycles. The summed E-state index contributed by atoms with van der Waals surface area (Å²) in [6.07, 6.45) is 7.42. The molecule has 0 aromatic heterocycles. The molecule has 1 atom stereocenters. The predicted octanol–water partition coefficient (Wildman–Crippen LogP) is 3.36. The average molecular weight is 200 g/mol. The van der Waals surface area contributed by atoms with Crippen molar-refractivity contribution in [1.29, 1.82) is 0 Å². The molecular weight excluding hydrogens is 176 g/mol. The molecule has 1 fully saturated rings. The Labute approximate surface area is 88.0 Å². The maximum absolute atomic E-state index is 5.64. The molecule has 0 bridgehead atoms. The molecule has 0 aromatic carbocycles. The van der Waals surface area contributed by atoms with Gasteiger partial charge in [0.25, 0.3) is 0 Å². The maximum atomic E-state index is 5.64. The van der Waals surface area contributed by atoms with Gasteiger partial charge in [0.2, 0.25) is 0 Å². The second kappa shape index (κ2) is 7.24. The molecule has 0 amide bonds. The van der Waals surface area contributed by atoms with Crippen molar-refractivity contribution in [1.82, 2.24) is 0 Å². The number of hydrogen-bond donors (Lipinski definition) is 0. The molecular formula is C12H24O2. The van der Waals surface area contributed by atoms with Gasteiger partial charge in [-0.2, -0.15) is 0 Å². The van der Waals surface area contributed by atoms with Crippen LogP contribution in [0.5, 0.6) is 0 Å². The van der Waals surface area contributed by atoms with Gasteiger partial charge in [-0.15, -0.1) is 0 Å². The van der Waals surface area contributed by atoms with E-state index in [4.69, 9.17) is 9.47 Å². The van der Waals surface area contributed by atoms with E-state index in [9.17, 15) is 0 Å². The molecule has 1 heterocycles. The lowest BCUT2D eigenvalue weighted by molar-refractivity contribution is -0.162. The van der Waals surface area contributed by atoms with E-state index in [1.54, 1.807) is 0 Å². The van der Waals surface area contributed by atoms with Gasteiger partial charge in [-0.25, -0.2) is 0 Å². The fourth-order valence-electron chi connectivity index (χ4n) is 1.71. The molecule has 2 heteroatoms. The van der Waals surface area contributed by atoms with Crippen molar-refractivity contribution in [2.45, 2.75) is 58.7 Å². The van der Waals surface area contributed by atoms with E-state index in [1.165, 1.54) is 32.1 Å². The van der Waals surface area contributed by atoms with Gasteiger partial charge in [-0.3, -0.25) is 0 Å². The van der Waals surface area contributed by atoms with Crippen molar-refractivity contribution in [2.75, 3.05) is 13.2 Å². The number of rotatable bonds is 6. The molecule has 14 heavy (non-hydrogen) atoms. The largest absolute Gasteiger partial charge is 0.353 e. The molecule has 0 aromatic rings. The van der Waals surface area contributed by atoms with Crippen LogP contribution in [0.15, 0.2) is 0 Å². The Morgan fingerprint density at radius 2 is 2.14 bits per heavy atom. The molecule has 2 nitrogen and oxygen atoms in total. The van der Waals surface area contributed by atoms with Crippen molar-refractivity contribution in [2.24, 2.45) is 5.92 Å². The quantitative estimate of drug-likeness (QED) is 0.612. The zero-order chi connectivity index (χ0) is 10.2. The van der Waals surface area contributed by atoms with Gasteiger partial charge < -0.3 is 9.47 Å². The van der Waals surface area contributed by atoms with Gasteiger partial charge in [0, 0.05) is 13.2 Å². The highest BCUT2D eigenvalue weighted by molar-refractivity contribution is 4.54. The van der Waals surface area contributed by atoms with Gasteiger partial charge >= 0.3 is 0 Å². The first-order chi connectivity index (χ1) is 6.79. The molecule has 1 unspecified atom stereocenters. The molecule has 1 rings (SSSR count). The van der Waals surface area contributed by atoms with E-state index in [0.29, 0.717) is 0 Å². The van der Waals surface area contributed by atoms with Crippen molar-refractivity contribution in [3.8, 4) is 0 Å².